The fourth-order valence-electron chi connectivity index (χ4n) is 2.62. The van der Waals surface area contributed by atoms with Crippen molar-refractivity contribution >= 4 is 17.6 Å². The van der Waals surface area contributed by atoms with E-state index in [1.165, 1.54) is 32.2 Å². The molecular formula is C20H22N2O8. The van der Waals surface area contributed by atoms with E-state index in [2.05, 4.69) is 5.32 Å². The highest BCUT2D eigenvalue weighted by Gasteiger charge is 2.19. The van der Waals surface area contributed by atoms with Gasteiger partial charge in [-0.05, 0) is 23.8 Å². The van der Waals surface area contributed by atoms with Crippen molar-refractivity contribution < 1.29 is 33.8 Å². The summed E-state index contributed by atoms with van der Waals surface area (Å²) in [4.78, 5) is 32.9. The van der Waals surface area contributed by atoms with Crippen molar-refractivity contribution in [2.45, 2.75) is 26.0 Å². The lowest BCUT2D eigenvalue weighted by molar-refractivity contribution is -0.385. The highest BCUT2D eigenvalue weighted by atomic mass is 16.7. The molecule has 0 radical (unpaired) electrons. The first kappa shape index (κ1) is 22.6. The largest absolute Gasteiger partial charge is 0.489 e. The van der Waals surface area contributed by atoms with E-state index in [9.17, 15) is 24.8 Å². The minimum atomic E-state index is -1.13. The van der Waals surface area contributed by atoms with Gasteiger partial charge in [0.2, 0.25) is 5.91 Å². The van der Waals surface area contributed by atoms with Crippen LogP contribution in [0.4, 0.5) is 5.69 Å². The van der Waals surface area contributed by atoms with Gasteiger partial charge < -0.3 is 24.6 Å². The number of nitro benzene ring substituents is 1. The van der Waals surface area contributed by atoms with Crippen LogP contribution < -0.4 is 14.8 Å². The van der Waals surface area contributed by atoms with Crippen molar-refractivity contribution in [2.75, 3.05) is 13.9 Å². The van der Waals surface area contributed by atoms with Gasteiger partial charge in [0.1, 0.15) is 24.1 Å². The Morgan fingerprint density at radius 3 is 2.43 bits per heavy atom. The van der Waals surface area contributed by atoms with Crippen molar-refractivity contribution in [2.24, 2.45) is 0 Å². The number of nitrogens with one attached hydrogen (secondary N) is 1. The molecule has 2 rings (SSSR count). The van der Waals surface area contributed by atoms with Crippen LogP contribution >= 0.6 is 0 Å². The molecule has 30 heavy (non-hydrogen) atoms. The summed E-state index contributed by atoms with van der Waals surface area (Å²) in [6, 6.07) is 9.81. The molecule has 0 saturated heterocycles. The lowest BCUT2D eigenvalue weighted by atomic mass is 10.1. The molecule has 0 aromatic heterocycles. The molecule has 1 amide bonds. The van der Waals surface area contributed by atoms with Crippen LogP contribution in [0.15, 0.2) is 42.5 Å². The number of hydrogen-bond acceptors (Lipinski definition) is 7. The number of carboxylic acid groups (broad SMARTS) is 1. The first-order chi connectivity index (χ1) is 14.3. The van der Waals surface area contributed by atoms with Crippen molar-refractivity contribution in [1.82, 2.24) is 5.32 Å². The zero-order valence-electron chi connectivity index (χ0n) is 16.5. The SMILES string of the molecule is COCOc1ccc([N+](=O)[O-])cc1COc1ccc(C[C@H](NC(C)=O)C(=O)O)cc1. The Hall–Kier alpha value is -3.66. The van der Waals surface area contributed by atoms with Crippen LogP contribution in [0.1, 0.15) is 18.1 Å². The Morgan fingerprint density at radius 2 is 1.87 bits per heavy atom. The van der Waals surface area contributed by atoms with Crippen molar-refractivity contribution in [3.63, 3.8) is 0 Å². The number of amides is 1. The van der Waals surface area contributed by atoms with Gasteiger partial charge in [-0.15, -0.1) is 0 Å². The number of carboxylic acids is 1. The predicted octanol–water partition coefficient (Wildman–Crippen LogP) is 2.29. The second-order valence-corrected chi connectivity index (χ2v) is 6.33. The number of rotatable bonds is 11. The lowest BCUT2D eigenvalue weighted by Crippen LogP contribution is -2.41. The fraction of sp³-hybridized carbons (Fsp3) is 0.300. The van der Waals surface area contributed by atoms with Gasteiger partial charge in [-0.1, -0.05) is 12.1 Å². The Bertz CT molecular complexity index is 898. The molecular weight excluding hydrogens is 396 g/mol. The van der Waals surface area contributed by atoms with Gasteiger partial charge in [0, 0.05) is 38.2 Å². The molecule has 0 aliphatic heterocycles. The van der Waals surface area contributed by atoms with Crippen LogP contribution in [-0.4, -0.2) is 41.9 Å². The normalized spacial score (nSPS) is 11.4. The van der Waals surface area contributed by atoms with Gasteiger partial charge in [-0.2, -0.15) is 0 Å². The maximum atomic E-state index is 11.2. The summed E-state index contributed by atoms with van der Waals surface area (Å²) < 4.78 is 16.0. The van der Waals surface area contributed by atoms with E-state index in [0.717, 1.165) is 0 Å². The Labute approximate surface area is 172 Å². The van der Waals surface area contributed by atoms with Gasteiger partial charge in [0.25, 0.3) is 5.69 Å². The molecule has 160 valence electrons. The van der Waals surface area contributed by atoms with E-state index >= 15 is 0 Å². The maximum absolute atomic E-state index is 11.2. The number of methoxy groups -OCH3 is 1. The third kappa shape index (κ3) is 6.74. The van der Waals surface area contributed by atoms with Crippen LogP contribution in [0.2, 0.25) is 0 Å². The van der Waals surface area contributed by atoms with E-state index in [0.29, 0.717) is 22.6 Å². The molecule has 2 aromatic carbocycles. The smallest absolute Gasteiger partial charge is 0.326 e. The molecule has 0 fully saturated rings. The number of aliphatic carboxylic acids is 1. The van der Waals surface area contributed by atoms with E-state index in [4.69, 9.17) is 14.2 Å². The second-order valence-electron chi connectivity index (χ2n) is 6.33. The molecule has 0 bridgehead atoms. The topological polar surface area (TPSA) is 137 Å². The summed E-state index contributed by atoms with van der Waals surface area (Å²) in [6.07, 6.45) is 0.120. The molecule has 10 nitrogen and oxygen atoms in total. The fourth-order valence-corrected chi connectivity index (χ4v) is 2.62. The van der Waals surface area contributed by atoms with Gasteiger partial charge in [0.05, 0.1) is 4.92 Å². The zero-order valence-corrected chi connectivity index (χ0v) is 16.5. The standard InChI is InChI=1S/C20H22N2O8/c1-13(23)21-18(20(24)25)9-14-3-6-17(7-4-14)29-11-15-10-16(22(26)27)5-8-19(15)30-12-28-2/h3-8,10,18H,9,11-12H2,1-2H3,(H,21,23)(H,24,25)/t18-/m0/s1. The number of non-ortho nitro benzene ring substituents is 1. The Morgan fingerprint density at radius 1 is 1.17 bits per heavy atom. The quantitative estimate of drug-likeness (QED) is 0.322. The third-order valence-electron chi connectivity index (χ3n) is 4.02. The van der Waals surface area contributed by atoms with E-state index in [1.54, 1.807) is 24.3 Å². The minimum absolute atomic E-state index is 0.0153. The van der Waals surface area contributed by atoms with Crippen LogP contribution in [0, 0.1) is 10.1 Å². The van der Waals surface area contributed by atoms with E-state index in [1.807, 2.05) is 0 Å². The summed E-state index contributed by atoms with van der Waals surface area (Å²) in [7, 11) is 1.46. The molecule has 0 unspecified atom stereocenters. The number of benzene rings is 2. The van der Waals surface area contributed by atoms with E-state index < -0.39 is 22.8 Å². The molecule has 0 heterocycles. The highest BCUT2D eigenvalue weighted by Crippen LogP contribution is 2.26. The number of carbonyl (C=O) groups is 2. The summed E-state index contributed by atoms with van der Waals surface area (Å²) in [5.74, 6) is -0.668. The van der Waals surface area contributed by atoms with Crippen molar-refractivity contribution in [3.05, 3.63) is 63.7 Å². The molecule has 1 atom stereocenters. The van der Waals surface area contributed by atoms with E-state index in [-0.39, 0.29) is 25.5 Å². The molecule has 0 spiro atoms. The summed E-state index contributed by atoms with van der Waals surface area (Å²) >= 11 is 0. The second kappa shape index (κ2) is 10.8. The molecule has 10 heteroatoms. The van der Waals surface area contributed by atoms with Gasteiger partial charge >= 0.3 is 5.97 Å². The Kier molecular flexibility index (Phi) is 8.12. The van der Waals surface area contributed by atoms with Crippen molar-refractivity contribution in [3.8, 4) is 11.5 Å². The lowest BCUT2D eigenvalue weighted by Gasteiger charge is -2.14. The van der Waals surface area contributed by atoms with Crippen LogP contribution in [-0.2, 0) is 27.4 Å². The van der Waals surface area contributed by atoms with Gasteiger partial charge in [-0.3, -0.25) is 14.9 Å². The molecule has 2 aromatic rings. The predicted molar refractivity (Wildman–Crippen MR) is 105 cm³/mol. The number of nitrogens with zero attached hydrogens (tertiary/aromatic N) is 1. The highest BCUT2D eigenvalue weighted by molar-refractivity contribution is 5.82. The van der Waals surface area contributed by atoms with Crippen LogP contribution in [0.3, 0.4) is 0 Å². The first-order valence-electron chi connectivity index (χ1n) is 8.91. The van der Waals surface area contributed by atoms with Crippen LogP contribution in [0.25, 0.3) is 0 Å². The minimum Gasteiger partial charge on any atom is -0.489 e. The molecule has 0 aliphatic carbocycles. The average molecular weight is 418 g/mol. The zero-order chi connectivity index (χ0) is 22.1. The molecule has 2 N–H and O–H groups in total. The van der Waals surface area contributed by atoms with Gasteiger partial charge in [-0.25, -0.2) is 4.79 Å². The third-order valence-corrected chi connectivity index (χ3v) is 4.02. The summed E-state index contributed by atoms with van der Waals surface area (Å²) in [5, 5.41) is 22.6. The summed E-state index contributed by atoms with van der Waals surface area (Å²) in [5.41, 5.74) is 1.08. The van der Waals surface area contributed by atoms with Crippen molar-refractivity contribution in [1.29, 1.82) is 0 Å². The monoisotopic (exact) mass is 418 g/mol. The number of hydrogen-bond donors (Lipinski definition) is 2. The Balaban J connectivity index is 2.07. The summed E-state index contributed by atoms with van der Waals surface area (Å²) in [6.45, 7) is 1.26. The first-order valence-corrected chi connectivity index (χ1v) is 8.91. The average Bonchev–Trinajstić information content (AvgIpc) is 2.71. The maximum Gasteiger partial charge on any atom is 0.326 e. The number of nitro groups is 1. The molecule has 0 aliphatic rings. The van der Waals surface area contributed by atoms with Gasteiger partial charge in [0.15, 0.2) is 6.79 Å². The number of ether oxygens (including phenoxy) is 3. The number of carbonyl (C=O) groups excluding carboxylic acids is 1. The van der Waals surface area contributed by atoms with Crippen LogP contribution in [0.5, 0.6) is 11.5 Å². The molecule has 0 saturated carbocycles.